The van der Waals surface area contributed by atoms with Crippen LogP contribution in [0.3, 0.4) is 0 Å². The Morgan fingerprint density at radius 2 is 1.88 bits per heavy atom. The highest BCUT2D eigenvalue weighted by Crippen LogP contribution is 2.27. The van der Waals surface area contributed by atoms with Crippen LogP contribution in [0.25, 0.3) is 11.3 Å². The van der Waals surface area contributed by atoms with Crippen LogP contribution in [0.15, 0.2) is 58.4 Å². The Balaban J connectivity index is 1.40. The van der Waals surface area contributed by atoms with Crippen molar-refractivity contribution in [3.05, 3.63) is 76.5 Å². The number of benzene rings is 2. The van der Waals surface area contributed by atoms with Crippen LogP contribution in [0.5, 0.6) is 5.75 Å². The number of hydrogen-bond donors (Lipinski definition) is 2. The maximum absolute atomic E-state index is 12.7. The van der Waals surface area contributed by atoms with Crippen molar-refractivity contribution in [2.24, 2.45) is 0 Å². The third-order valence-corrected chi connectivity index (χ3v) is 5.64. The number of nitrogens with zero attached hydrogens (tertiary/aromatic N) is 2. The minimum atomic E-state index is -0.278. The van der Waals surface area contributed by atoms with Gasteiger partial charge in [0.25, 0.3) is 5.91 Å². The van der Waals surface area contributed by atoms with Gasteiger partial charge in [0.15, 0.2) is 5.13 Å². The number of aryl methyl sites for hydroxylation is 2. The summed E-state index contributed by atoms with van der Waals surface area (Å²) >= 11 is 1.34. The van der Waals surface area contributed by atoms with Gasteiger partial charge in [0.1, 0.15) is 18.1 Å². The summed E-state index contributed by atoms with van der Waals surface area (Å²) in [7, 11) is 0. The summed E-state index contributed by atoms with van der Waals surface area (Å²) in [4.78, 5) is 28.4. The topological polar surface area (TPSA) is 106 Å². The van der Waals surface area contributed by atoms with Gasteiger partial charge in [-0.1, -0.05) is 23.4 Å². The van der Waals surface area contributed by atoms with Crippen LogP contribution in [0, 0.1) is 13.8 Å². The second-order valence-electron chi connectivity index (χ2n) is 7.37. The number of anilines is 2. The lowest BCUT2D eigenvalue weighted by Crippen LogP contribution is -2.11. The van der Waals surface area contributed by atoms with E-state index in [-0.39, 0.29) is 11.8 Å². The Morgan fingerprint density at radius 3 is 2.58 bits per heavy atom. The van der Waals surface area contributed by atoms with Gasteiger partial charge >= 0.3 is 0 Å². The van der Waals surface area contributed by atoms with Gasteiger partial charge in [-0.3, -0.25) is 14.9 Å². The number of carbonyl (C=O) groups is 2. The van der Waals surface area contributed by atoms with Crippen LogP contribution in [0.1, 0.15) is 34.3 Å². The number of carbonyl (C=O) groups excluding carboxylic acids is 2. The summed E-state index contributed by atoms with van der Waals surface area (Å²) in [6.45, 7) is 5.47. The maximum Gasteiger partial charge on any atom is 0.257 e. The molecule has 0 aliphatic heterocycles. The predicted molar refractivity (Wildman–Crippen MR) is 127 cm³/mol. The normalized spacial score (nSPS) is 10.6. The molecule has 33 heavy (non-hydrogen) atoms. The van der Waals surface area contributed by atoms with Crippen LogP contribution < -0.4 is 15.4 Å². The number of rotatable bonds is 7. The standard InChI is InChI=1S/C24H22N4O4S/c1-14-21(15(2)32-28-14)12-31-20-6-4-5-18(11-20)23(30)27-24-26-22(13-33-24)17-7-9-19(10-8-17)25-16(3)29/h4-11,13H,12H2,1-3H3,(H,25,29)(H,26,27,30). The monoisotopic (exact) mass is 462 g/mol. The number of ether oxygens (including phenoxy) is 1. The molecule has 0 saturated carbocycles. The molecule has 0 saturated heterocycles. The first kappa shape index (κ1) is 22.2. The van der Waals surface area contributed by atoms with Crippen molar-refractivity contribution in [3.8, 4) is 17.0 Å². The molecule has 0 aliphatic rings. The minimum Gasteiger partial charge on any atom is -0.489 e. The van der Waals surface area contributed by atoms with Gasteiger partial charge in [0, 0.05) is 29.1 Å². The molecule has 0 atom stereocenters. The third-order valence-electron chi connectivity index (χ3n) is 4.89. The highest BCUT2D eigenvalue weighted by molar-refractivity contribution is 7.14. The van der Waals surface area contributed by atoms with Crippen LogP contribution in [0.2, 0.25) is 0 Å². The molecule has 2 N–H and O–H groups in total. The average Bonchev–Trinajstić information content (AvgIpc) is 3.39. The molecular formula is C24H22N4O4S. The van der Waals surface area contributed by atoms with Crippen molar-refractivity contribution in [2.75, 3.05) is 10.6 Å². The molecule has 8 nitrogen and oxygen atoms in total. The third kappa shape index (κ3) is 5.45. The van der Waals surface area contributed by atoms with E-state index in [1.807, 2.05) is 43.5 Å². The molecule has 0 spiro atoms. The first-order valence-electron chi connectivity index (χ1n) is 10.2. The van der Waals surface area contributed by atoms with E-state index in [0.717, 1.165) is 22.5 Å². The zero-order chi connectivity index (χ0) is 23.4. The van der Waals surface area contributed by atoms with E-state index in [4.69, 9.17) is 9.26 Å². The number of thiazole rings is 1. The molecule has 0 unspecified atom stereocenters. The molecular weight excluding hydrogens is 440 g/mol. The summed E-state index contributed by atoms with van der Waals surface area (Å²) in [6, 6.07) is 14.3. The second kappa shape index (κ2) is 9.66. The van der Waals surface area contributed by atoms with E-state index in [0.29, 0.717) is 34.5 Å². The summed E-state index contributed by atoms with van der Waals surface area (Å²) < 4.78 is 11.0. The quantitative estimate of drug-likeness (QED) is 0.391. The fraction of sp³-hybridized carbons (Fsp3) is 0.167. The van der Waals surface area contributed by atoms with Crippen LogP contribution in [-0.4, -0.2) is 22.0 Å². The summed E-state index contributed by atoms with van der Waals surface area (Å²) in [5.41, 5.74) is 4.47. The highest BCUT2D eigenvalue weighted by Gasteiger charge is 2.13. The zero-order valence-corrected chi connectivity index (χ0v) is 19.2. The van der Waals surface area contributed by atoms with Crippen molar-refractivity contribution < 1.29 is 18.8 Å². The fourth-order valence-electron chi connectivity index (χ4n) is 3.15. The predicted octanol–water partition coefficient (Wildman–Crippen LogP) is 5.20. The Hall–Kier alpha value is -3.98. The lowest BCUT2D eigenvalue weighted by molar-refractivity contribution is -0.114. The lowest BCUT2D eigenvalue weighted by atomic mass is 10.1. The average molecular weight is 463 g/mol. The molecule has 2 aromatic carbocycles. The van der Waals surface area contributed by atoms with Gasteiger partial charge in [0.2, 0.25) is 5.91 Å². The molecule has 2 amide bonds. The summed E-state index contributed by atoms with van der Waals surface area (Å²) in [5, 5.41) is 11.8. The van der Waals surface area contributed by atoms with Gasteiger partial charge in [-0.05, 0) is 44.2 Å². The van der Waals surface area contributed by atoms with Crippen molar-refractivity contribution in [1.82, 2.24) is 10.1 Å². The second-order valence-corrected chi connectivity index (χ2v) is 8.23. The molecule has 0 radical (unpaired) electrons. The van der Waals surface area contributed by atoms with E-state index in [9.17, 15) is 9.59 Å². The Morgan fingerprint density at radius 1 is 1.09 bits per heavy atom. The lowest BCUT2D eigenvalue weighted by Gasteiger charge is -2.08. The highest BCUT2D eigenvalue weighted by atomic mass is 32.1. The van der Waals surface area contributed by atoms with Crippen LogP contribution in [-0.2, 0) is 11.4 Å². The zero-order valence-electron chi connectivity index (χ0n) is 18.3. The van der Waals surface area contributed by atoms with Crippen molar-refractivity contribution >= 4 is 34.0 Å². The van der Waals surface area contributed by atoms with Crippen LogP contribution >= 0.6 is 11.3 Å². The fourth-order valence-corrected chi connectivity index (χ4v) is 3.87. The molecule has 168 valence electrons. The van der Waals surface area contributed by atoms with Gasteiger partial charge in [0.05, 0.1) is 17.0 Å². The molecule has 0 bridgehead atoms. The van der Waals surface area contributed by atoms with Gasteiger partial charge < -0.3 is 14.6 Å². The molecule has 4 rings (SSSR count). The van der Waals surface area contributed by atoms with Gasteiger partial charge in [-0.2, -0.15) is 0 Å². The summed E-state index contributed by atoms with van der Waals surface area (Å²) in [6.07, 6.45) is 0. The number of aromatic nitrogens is 2. The van der Waals surface area contributed by atoms with E-state index in [2.05, 4.69) is 20.8 Å². The van der Waals surface area contributed by atoms with Gasteiger partial charge in [-0.15, -0.1) is 11.3 Å². The SMILES string of the molecule is CC(=O)Nc1ccc(-c2csc(NC(=O)c3cccc(OCc4c(C)noc4C)c3)n2)cc1. The number of nitrogens with one attached hydrogen (secondary N) is 2. The smallest absolute Gasteiger partial charge is 0.257 e. The van der Waals surface area contributed by atoms with Crippen molar-refractivity contribution in [1.29, 1.82) is 0 Å². The van der Waals surface area contributed by atoms with E-state index < -0.39 is 0 Å². The number of hydrogen-bond acceptors (Lipinski definition) is 7. The largest absolute Gasteiger partial charge is 0.489 e. The Bertz CT molecular complexity index is 1270. The van der Waals surface area contributed by atoms with E-state index >= 15 is 0 Å². The molecule has 2 aromatic heterocycles. The number of amides is 2. The maximum atomic E-state index is 12.7. The van der Waals surface area contributed by atoms with E-state index in [1.54, 1.807) is 24.3 Å². The molecule has 9 heteroatoms. The Labute approximate surface area is 194 Å². The van der Waals surface area contributed by atoms with Gasteiger partial charge in [-0.25, -0.2) is 4.98 Å². The first-order chi connectivity index (χ1) is 15.9. The first-order valence-corrected chi connectivity index (χ1v) is 11.1. The molecule has 2 heterocycles. The van der Waals surface area contributed by atoms with Crippen molar-refractivity contribution in [3.63, 3.8) is 0 Å². The molecule has 4 aromatic rings. The Kier molecular flexibility index (Phi) is 6.50. The van der Waals surface area contributed by atoms with Crippen LogP contribution in [0.4, 0.5) is 10.8 Å². The van der Waals surface area contributed by atoms with E-state index in [1.165, 1.54) is 18.3 Å². The minimum absolute atomic E-state index is 0.125. The molecule has 0 aliphatic carbocycles. The van der Waals surface area contributed by atoms with Crippen molar-refractivity contribution in [2.45, 2.75) is 27.4 Å². The summed E-state index contributed by atoms with van der Waals surface area (Å²) in [5.74, 6) is 0.881. The molecule has 0 fully saturated rings.